The third kappa shape index (κ3) is 6.99. The van der Waals surface area contributed by atoms with Crippen LogP contribution in [0.3, 0.4) is 0 Å². The Morgan fingerprint density at radius 3 is 2.46 bits per heavy atom. The lowest BCUT2D eigenvalue weighted by Gasteiger charge is -2.16. The SMILES string of the molecule is CC(C)CCCC(=O)OCCOCCN1C(=O)CC(C(C)C)C1=O. The fraction of sp³-hybridized carbons (Fsp3) is 0.833. The zero-order chi connectivity index (χ0) is 18.1. The van der Waals surface area contributed by atoms with E-state index >= 15 is 0 Å². The summed E-state index contributed by atoms with van der Waals surface area (Å²) >= 11 is 0. The molecule has 0 aliphatic carbocycles. The van der Waals surface area contributed by atoms with Gasteiger partial charge in [0.05, 0.1) is 19.8 Å². The maximum atomic E-state index is 12.1. The zero-order valence-electron chi connectivity index (χ0n) is 15.4. The Morgan fingerprint density at radius 1 is 1.17 bits per heavy atom. The minimum atomic E-state index is -0.205. The smallest absolute Gasteiger partial charge is 0.305 e. The van der Waals surface area contributed by atoms with Gasteiger partial charge in [0.15, 0.2) is 0 Å². The van der Waals surface area contributed by atoms with Crippen molar-refractivity contribution in [1.82, 2.24) is 4.90 Å². The molecule has 0 aromatic carbocycles. The molecule has 0 saturated carbocycles. The molecule has 0 aromatic rings. The molecule has 1 aliphatic rings. The summed E-state index contributed by atoms with van der Waals surface area (Å²) in [6.45, 7) is 9.17. The maximum Gasteiger partial charge on any atom is 0.305 e. The van der Waals surface area contributed by atoms with Crippen molar-refractivity contribution < 1.29 is 23.9 Å². The summed E-state index contributed by atoms with van der Waals surface area (Å²) in [5.74, 6) is 0.122. The number of ether oxygens (including phenoxy) is 2. The summed E-state index contributed by atoms with van der Waals surface area (Å²) in [7, 11) is 0. The van der Waals surface area contributed by atoms with E-state index in [2.05, 4.69) is 13.8 Å². The molecule has 1 unspecified atom stereocenters. The summed E-state index contributed by atoms with van der Waals surface area (Å²) in [5.41, 5.74) is 0. The number of hydrogen-bond donors (Lipinski definition) is 0. The molecule has 0 N–H and O–H groups in total. The van der Waals surface area contributed by atoms with Gasteiger partial charge >= 0.3 is 5.97 Å². The summed E-state index contributed by atoms with van der Waals surface area (Å²) in [6, 6.07) is 0. The molecule has 0 spiro atoms. The molecule has 1 saturated heterocycles. The van der Waals surface area contributed by atoms with Crippen molar-refractivity contribution in [1.29, 1.82) is 0 Å². The van der Waals surface area contributed by atoms with Crippen LogP contribution in [0.2, 0.25) is 0 Å². The molecule has 2 amide bonds. The van der Waals surface area contributed by atoms with E-state index in [1.807, 2.05) is 13.8 Å². The van der Waals surface area contributed by atoms with Crippen LogP contribution < -0.4 is 0 Å². The van der Waals surface area contributed by atoms with Gasteiger partial charge in [0, 0.05) is 18.8 Å². The van der Waals surface area contributed by atoms with E-state index in [-0.39, 0.29) is 56.0 Å². The number of carbonyl (C=O) groups excluding carboxylic acids is 3. The number of carbonyl (C=O) groups is 3. The van der Waals surface area contributed by atoms with E-state index in [0.717, 1.165) is 12.8 Å². The van der Waals surface area contributed by atoms with E-state index in [4.69, 9.17) is 9.47 Å². The van der Waals surface area contributed by atoms with Crippen LogP contribution in [0, 0.1) is 17.8 Å². The number of amides is 2. The molecular formula is C18H31NO5. The molecule has 6 nitrogen and oxygen atoms in total. The Bertz CT molecular complexity index is 433. The first kappa shape index (κ1) is 20.6. The van der Waals surface area contributed by atoms with Crippen LogP contribution in [-0.4, -0.2) is 49.0 Å². The average Bonchev–Trinajstić information content (AvgIpc) is 2.78. The van der Waals surface area contributed by atoms with Crippen molar-refractivity contribution in [2.45, 2.75) is 53.4 Å². The second-order valence-electron chi connectivity index (χ2n) is 7.06. The minimum absolute atomic E-state index is 0.102. The van der Waals surface area contributed by atoms with Crippen molar-refractivity contribution in [3.63, 3.8) is 0 Å². The molecule has 0 bridgehead atoms. The van der Waals surface area contributed by atoms with Gasteiger partial charge in [0.1, 0.15) is 6.61 Å². The molecule has 1 fully saturated rings. The third-order valence-electron chi connectivity index (χ3n) is 4.20. The zero-order valence-corrected chi connectivity index (χ0v) is 15.4. The van der Waals surface area contributed by atoms with Crippen LogP contribution in [0.4, 0.5) is 0 Å². The van der Waals surface area contributed by atoms with Crippen LogP contribution in [0.1, 0.15) is 53.4 Å². The first-order valence-corrected chi connectivity index (χ1v) is 8.90. The van der Waals surface area contributed by atoms with E-state index in [9.17, 15) is 14.4 Å². The van der Waals surface area contributed by atoms with Gasteiger partial charge in [-0.25, -0.2) is 0 Å². The largest absolute Gasteiger partial charge is 0.463 e. The quantitative estimate of drug-likeness (QED) is 0.328. The summed E-state index contributed by atoms with van der Waals surface area (Å²) < 4.78 is 10.4. The van der Waals surface area contributed by atoms with Crippen LogP contribution in [0.25, 0.3) is 0 Å². The second-order valence-corrected chi connectivity index (χ2v) is 7.06. The van der Waals surface area contributed by atoms with E-state index in [1.54, 1.807) is 0 Å². The summed E-state index contributed by atoms with van der Waals surface area (Å²) in [4.78, 5) is 36.7. The van der Waals surface area contributed by atoms with Crippen molar-refractivity contribution in [2.24, 2.45) is 17.8 Å². The molecule has 1 aliphatic heterocycles. The van der Waals surface area contributed by atoms with E-state index < -0.39 is 0 Å². The average molecular weight is 341 g/mol. The Labute approximate surface area is 144 Å². The lowest BCUT2D eigenvalue weighted by atomic mass is 9.94. The lowest BCUT2D eigenvalue weighted by Crippen LogP contribution is -2.34. The van der Waals surface area contributed by atoms with Crippen LogP contribution in [-0.2, 0) is 23.9 Å². The first-order chi connectivity index (χ1) is 11.3. The van der Waals surface area contributed by atoms with E-state index in [0.29, 0.717) is 18.8 Å². The number of nitrogens with zero attached hydrogens (tertiary/aromatic N) is 1. The van der Waals surface area contributed by atoms with E-state index in [1.165, 1.54) is 4.90 Å². The van der Waals surface area contributed by atoms with Gasteiger partial charge in [0.2, 0.25) is 11.8 Å². The molecule has 1 atom stereocenters. The molecular weight excluding hydrogens is 310 g/mol. The topological polar surface area (TPSA) is 72.9 Å². The molecule has 6 heteroatoms. The Morgan fingerprint density at radius 2 is 1.88 bits per heavy atom. The molecule has 1 rings (SSSR count). The monoisotopic (exact) mass is 341 g/mol. The highest BCUT2D eigenvalue weighted by molar-refractivity contribution is 6.03. The highest BCUT2D eigenvalue weighted by atomic mass is 16.6. The second kappa shape index (κ2) is 10.4. The molecule has 1 heterocycles. The molecule has 0 aromatic heterocycles. The molecule has 24 heavy (non-hydrogen) atoms. The number of imide groups is 1. The van der Waals surface area contributed by atoms with Gasteiger partial charge in [-0.1, -0.05) is 34.1 Å². The lowest BCUT2D eigenvalue weighted by molar-refractivity contribution is -0.145. The highest BCUT2D eigenvalue weighted by Crippen LogP contribution is 2.25. The Hall–Kier alpha value is -1.43. The maximum absolute atomic E-state index is 12.1. The predicted octanol–water partition coefficient (Wildman–Crippen LogP) is 2.40. The van der Waals surface area contributed by atoms with Crippen molar-refractivity contribution in [3.8, 4) is 0 Å². The van der Waals surface area contributed by atoms with Gasteiger partial charge in [-0.2, -0.15) is 0 Å². The minimum Gasteiger partial charge on any atom is -0.463 e. The van der Waals surface area contributed by atoms with Gasteiger partial charge in [-0.15, -0.1) is 0 Å². The Kier molecular flexibility index (Phi) is 8.97. The fourth-order valence-corrected chi connectivity index (χ4v) is 2.66. The highest BCUT2D eigenvalue weighted by Gasteiger charge is 2.39. The third-order valence-corrected chi connectivity index (χ3v) is 4.20. The number of rotatable bonds is 11. The summed E-state index contributed by atoms with van der Waals surface area (Å²) in [6.07, 6.45) is 2.59. The molecule has 138 valence electrons. The standard InChI is InChI=1S/C18H31NO5/c1-13(2)6-5-7-17(21)24-11-10-23-9-8-19-16(20)12-15(14(3)4)18(19)22/h13-15H,5-12H2,1-4H3. The first-order valence-electron chi connectivity index (χ1n) is 8.90. The predicted molar refractivity (Wildman–Crippen MR) is 90.1 cm³/mol. The fourth-order valence-electron chi connectivity index (χ4n) is 2.66. The van der Waals surface area contributed by atoms with Gasteiger partial charge in [0.25, 0.3) is 0 Å². The van der Waals surface area contributed by atoms with Crippen molar-refractivity contribution in [2.75, 3.05) is 26.4 Å². The molecule has 0 radical (unpaired) electrons. The van der Waals surface area contributed by atoms with Crippen LogP contribution in [0.5, 0.6) is 0 Å². The van der Waals surface area contributed by atoms with Crippen molar-refractivity contribution in [3.05, 3.63) is 0 Å². The number of esters is 1. The summed E-state index contributed by atoms with van der Waals surface area (Å²) in [5, 5.41) is 0. The van der Waals surface area contributed by atoms with Crippen LogP contribution >= 0.6 is 0 Å². The van der Waals surface area contributed by atoms with Crippen LogP contribution in [0.15, 0.2) is 0 Å². The van der Waals surface area contributed by atoms with Gasteiger partial charge < -0.3 is 9.47 Å². The normalized spacial score (nSPS) is 18.1. The van der Waals surface area contributed by atoms with Gasteiger partial charge in [-0.05, 0) is 18.3 Å². The van der Waals surface area contributed by atoms with Gasteiger partial charge in [-0.3, -0.25) is 19.3 Å². The van der Waals surface area contributed by atoms with Crippen molar-refractivity contribution >= 4 is 17.8 Å². The Balaban J connectivity index is 2.09. The number of likely N-dealkylation sites (tertiary alicyclic amines) is 1. The number of hydrogen-bond acceptors (Lipinski definition) is 5.